The zero-order chi connectivity index (χ0) is 14.2. The van der Waals surface area contributed by atoms with E-state index in [4.69, 9.17) is 0 Å². The highest BCUT2D eigenvalue weighted by Gasteiger charge is 2.47. The van der Waals surface area contributed by atoms with Crippen LogP contribution in [0, 0.1) is 17.8 Å². The molecule has 0 aromatic rings. The van der Waals surface area contributed by atoms with E-state index in [9.17, 15) is 9.90 Å². The van der Waals surface area contributed by atoms with Crippen molar-refractivity contribution in [2.45, 2.75) is 49.8 Å². The first-order chi connectivity index (χ1) is 9.61. The quantitative estimate of drug-likeness (QED) is 0.744. The molecule has 3 N–H and O–H groups in total. The molecule has 4 nitrogen and oxygen atoms in total. The monoisotopic (exact) mass is 298 g/mol. The minimum atomic E-state index is -0.0466. The van der Waals surface area contributed by atoms with Gasteiger partial charge in [-0.05, 0) is 56.6 Å². The highest BCUT2D eigenvalue weighted by Crippen LogP contribution is 2.48. The number of hydrogen-bond donors (Lipinski definition) is 3. The minimum absolute atomic E-state index is 0.0466. The molecule has 0 aromatic carbocycles. The van der Waals surface area contributed by atoms with E-state index in [-0.39, 0.29) is 29.3 Å². The van der Waals surface area contributed by atoms with Crippen molar-refractivity contribution in [2.24, 2.45) is 17.8 Å². The van der Waals surface area contributed by atoms with Gasteiger partial charge in [0.05, 0.1) is 0 Å². The fourth-order valence-corrected chi connectivity index (χ4v) is 5.59. The zero-order valence-electron chi connectivity index (χ0n) is 12.2. The fourth-order valence-electron chi connectivity index (χ4n) is 4.34. The van der Waals surface area contributed by atoms with Crippen molar-refractivity contribution < 1.29 is 9.90 Å². The van der Waals surface area contributed by atoms with E-state index in [0.29, 0.717) is 11.8 Å². The predicted molar refractivity (Wildman–Crippen MR) is 81.8 cm³/mol. The summed E-state index contributed by atoms with van der Waals surface area (Å²) < 4.78 is 0.211. The van der Waals surface area contributed by atoms with Gasteiger partial charge in [-0.2, -0.15) is 11.8 Å². The summed E-state index contributed by atoms with van der Waals surface area (Å²) in [7, 11) is 0. The molecule has 2 amide bonds. The molecule has 1 heterocycles. The Morgan fingerprint density at radius 2 is 2.20 bits per heavy atom. The lowest BCUT2D eigenvalue weighted by atomic mass is 9.85. The number of aliphatic hydroxyl groups is 1. The second-order valence-electron chi connectivity index (χ2n) is 6.93. The lowest BCUT2D eigenvalue weighted by Crippen LogP contribution is -2.51. The van der Waals surface area contributed by atoms with Crippen LogP contribution < -0.4 is 10.6 Å². The van der Waals surface area contributed by atoms with Crippen LogP contribution in [0.5, 0.6) is 0 Å². The summed E-state index contributed by atoms with van der Waals surface area (Å²) in [6.07, 6.45) is 6.06. The van der Waals surface area contributed by atoms with Crippen LogP contribution in [0.3, 0.4) is 0 Å². The van der Waals surface area contributed by atoms with Crippen molar-refractivity contribution >= 4 is 17.8 Å². The van der Waals surface area contributed by atoms with E-state index in [1.54, 1.807) is 0 Å². The number of hydrogen-bond acceptors (Lipinski definition) is 3. The van der Waals surface area contributed by atoms with Gasteiger partial charge in [0, 0.05) is 29.9 Å². The van der Waals surface area contributed by atoms with Gasteiger partial charge in [0.1, 0.15) is 0 Å². The molecule has 1 saturated heterocycles. The second kappa shape index (κ2) is 5.76. The molecule has 2 saturated carbocycles. The van der Waals surface area contributed by atoms with Crippen LogP contribution in [-0.2, 0) is 0 Å². The van der Waals surface area contributed by atoms with Gasteiger partial charge in [-0.15, -0.1) is 0 Å². The maximum Gasteiger partial charge on any atom is 0.315 e. The van der Waals surface area contributed by atoms with E-state index in [1.165, 1.54) is 37.9 Å². The SMILES string of the molecule is CC1(CNC(=O)NC2C3CCC(C3)C2CO)CCCS1. The van der Waals surface area contributed by atoms with Gasteiger partial charge in [-0.3, -0.25) is 0 Å². The third-order valence-corrected chi connectivity index (χ3v) is 7.06. The zero-order valence-corrected chi connectivity index (χ0v) is 13.0. The largest absolute Gasteiger partial charge is 0.396 e. The van der Waals surface area contributed by atoms with Crippen LogP contribution in [0.1, 0.15) is 39.0 Å². The average Bonchev–Trinajstić information content (AvgIpc) is 3.13. The van der Waals surface area contributed by atoms with Crippen LogP contribution in [0.25, 0.3) is 0 Å². The standard InChI is InChI=1S/C15H26N2O2S/c1-15(5-2-6-20-15)9-16-14(19)17-13-11-4-3-10(7-11)12(13)8-18/h10-13,18H,2-9H2,1H3,(H2,16,17,19). The number of aliphatic hydroxyl groups excluding tert-OH is 1. The van der Waals surface area contributed by atoms with Gasteiger partial charge in [0.25, 0.3) is 0 Å². The van der Waals surface area contributed by atoms with Crippen molar-refractivity contribution in [3.63, 3.8) is 0 Å². The molecule has 114 valence electrons. The summed E-state index contributed by atoms with van der Waals surface area (Å²) in [6.45, 7) is 3.19. The number of amides is 2. The van der Waals surface area contributed by atoms with E-state index in [1.807, 2.05) is 11.8 Å². The maximum atomic E-state index is 12.1. The van der Waals surface area contributed by atoms with Crippen molar-refractivity contribution in [3.05, 3.63) is 0 Å². The smallest absolute Gasteiger partial charge is 0.315 e. The van der Waals surface area contributed by atoms with E-state index in [0.717, 1.165) is 6.54 Å². The molecular weight excluding hydrogens is 272 g/mol. The molecule has 5 unspecified atom stereocenters. The third kappa shape index (κ3) is 2.80. The predicted octanol–water partition coefficient (Wildman–Crippen LogP) is 1.98. The summed E-state index contributed by atoms with van der Waals surface area (Å²) in [5.74, 6) is 2.69. The first-order valence-electron chi connectivity index (χ1n) is 7.90. The number of carbonyl (C=O) groups is 1. The van der Waals surface area contributed by atoms with Crippen molar-refractivity contribution in [2.75, 3.05) is 18.9 Å². The van der Waals surface area contributed by atoms with Crippen LogP contribution in [-0.4, -0.2) is 40.8 Å². The number of nitrogens with one attached hydrogen (secondary N) is 2. The lowest BCUT2D eigenvalue weighted by molar-refractivity contribution is 0.144. The third-order valence-electron chi connectivity index (χ3n) is 5.52. The Bertz CT molecular complexity index is 371. The van der Waals surface area contributed by atoms with Crippen molar-refractivity contribution in [1.82, 2.24) is 10.6 Å². The van der Waals surface area contributed by atoms with Crippen molar-refractivity contribution in [3.8, 4) is 0 Å². The summed E-state index contributed by atoms with van der Waals surface area (Å²) in [4.78, 5) is 12.1. The Kier molecular flexibility index (Phi) is 4.18. The van der Waals surface area contributed by atoms with E-state index >= 15 is 0 Å². The molecule has 0 aromatic heterocycles. The topological polar surface area (TPSA) is 61.4 Å². The summed E-state index contributed by atoms with van der Waals surface area (Å²) in [5.41, 5.74) is 0. The first kappa shape index (κ1) is 14.5. The molecule has 2 bridgehead atoms. The summed E-state index contributed by atoms with van der Waals surface area (Å²) in [6, 6.07) is 0.137. The van der Waals surface area contributed by atoms with Gasteiger partial charge in [0.15, 0.2) is 0 Å². The van der Waals surface area contributed by atoms with E-state index in [2.05, 4.69) is 17.6 Å². The molecular formula is C15H26N2O2S. The molecule has 3 fully saturated rings. The van der Waals surface area contributed by atoms with E-state index < -0.39 is 0 Å². The molecule has 5 heteroatoms. The Balaban J connectivity index is 1.49. The number of thioether (sulfide) groups is 1. The highest BCUT2D eigenvalue weighted by molar-refractivity contribution is 8.00. The second-order valence-corrected chi connectivity index (χ2v) is 8.62. The summed E-state index contributed by atoms with van der Waals surface area (Å²) in [5, 5.41) is 15.7. The first-order valence-corrected chi connectivity index (χ1v) is 8.89. The van der Waals surface area contributed by atoms with Crippen molar-refractivity contribution in [1.29, 1.82) is 0 Å². The minimum Gasteiger partial charge on any atom is -0.396 e. The average molecular weight is 298 g/mol. The molecule has 0 spiro atoms. The Morgan fingerprint density at radius 1 is 1.40 bits per heavy atom. The molecule has 3 rings (SSSR count). The van der Waals surface area contributed by atoms with Crippen LogP contribution in [0.4, 0.5) is 4.79 Å². The lowest BCUT2D eigenvalue weighted by Gasteiger charge is -2.31. The number of carbonyl (C=O) groups excluding carboxylic acids is 1. The number of urea groups is 1. The number of rotatable bonds is 4. The highest BCUT2D eigenvalue weighted by atomic mass is 32.2. The van der Waals surface area contributed by atoms with Gasteiger partial charge < -0.3 is 15.7 Å². The van der Waals surface area contributed by atoms with Gasteiger partial charge in [-0.25, -0.2) is 4.79 Å². The van der Waals surface area contributed by atoms with Crippen LogP contribution in [0.2, 0.25) is 0 Å². The maximum absolute atomic E-state index is 12.1. The molecule has 20 heavy (non-hydrogen) atoms. The Labute approximate surface area is 125 Å². The Hall–Kier alpha value is -0.420. The van der Waals surface area contributed by atoms with Gasteiger partial charge >= 0.3 is 6.03 Å². The molecule has 5 atom stereocenters. The fraction of sp³-hybridized carbons (Fsp3) is 0.933. The van der Waals surface area contributed by atoms with Crippen LogP contribution >= 0.6 is 11.8 Å². The van der Waals surface area contributed by atoms with Gasteiger partial charge in [-0.1, -0.05) is 0 Å². The van der Waals surface area contributed by atoms with Crippen LogP contribution in [0.15, 0.2) is 0 Å². The number of fused-ring (bicyclic) bond motifs is 2. The summed E-state index contributed by atoms with van der Waals surface area (Å²) >= 11 is 1.96. The van der Waals surface area contributed by atoms with Gasteiger partial charge in [0.2, 0.25) is 0 Å². The molecule has 2 aliphatic carbocycles. The normalized spacial score (nSPS) is 42.9. The molecule has 1 aliphatic heterocycles. The molecule has 0 radical (unpaired) electrons. The molecule has 3 aliphatic rings. The Morgan fingerprint density at radius 3 is 2.90 bits per heavy atom.